The van der Waals surface area contributed by atoms with E-state index in [1.165, 1.54) is 6.42 Å². The lowest BCUT2D eigenvalue weighted by Crippen LogP contribution is -2.53. The summed E-state index contributed by atoms with van der Waals surface area (Å²) in [6.07, 6.45) is 6.22. The van der Waals surface area contributed by atoms with Crippen LogP contribution in [0.2, 0.25) is 0 Å². The van der Waals surface area contributed by atoms with Crippen LogP contribution < -0.4 is 4.72 Å². The fourth-order valence-electron chi connectivity index (χ4n) is 3.07. The summed E-state index contributed by atoms with van der Waals surface area (Å²) in [5, 5.41) is 0.674. The number of halogens is 1. The molecule has 0 bridgehead atoms. The van der Waals surface area contributed by atoms with Gasteiger partial charge < -0.3 is 0 Å². The summed E-state index contributed by atoms with van der Waals surface area (Å²) in [5.41, 5.74) is 0.494. The first-order valence-corrected chi connectivity index (χ1v) is 10.2. The van der Waals surface area contributed by atoms with Crippen molar-refractivity contribution in [2.75, 3.05) is 11.1 Å². The number of alkyl halides is 1. The van der Waals surface area contributed by atoms with Crippen LogP contribution in [0.15, 0.2) is 24.4 Å². The van der Waals surface area contributed by atoms with Gasteiger partial charge in [0, 0.05) is 29.2 Å². The molecule has 21 heavy (non-hydrogen) atoms. The number of hydrogen-bond donors (Lipinski definition) is 1. The summed E-state index contributed by atoms with van der Waals surface area (Å²) < 4.78 is 27.7. The maximum absolute atomic E-state index is 12.4. The zero-order valence-electron chi connectivity index (χ0n) is 12.4. The highest BCUT2D eigenvalue weighted by atomic mass is 79.9. The second kappa shape index (κ2) is 7.20. The standard InChI is InChI=1S/C15H23BrN2O2S/c1-13-5-4-8-15(11-13,12-16)18-21(19,20)10-7-14-6-2-3-9-17-14/h2-3,6,9,13,18H,4-5,7-8,10-12H2,1H3. The van der Waals surface area contributed by atoms with Gasteiger partial charge in [0.25, 0.3) is 0 Å². The van der Waals surface area contributed by atoms with E-state index in [9.17, 15) is 8.42 Å². The van der Waals surface area contributed by atoms with E-state index in [2.05, 4.69) is 32.6 Å². The number of pyridine rings is 1. The normalized spacial score (nSPS) is 26.7. The smallest absolute Gasteiger partial charge is 0.212 e. The number of rotatable bonds is 6. The number of nitrogens with one attached hydrogen (secondary N) is 1. The van der Waals surface area contributed by atoms with Crippen LogP contribution in [0.3, 0.4) is 0 Å². The number of nitrogens with zero attached hydrogens (tertiary/aromatic N) is 1. The predicted molar refractivity (Wildman–Crippen MR) is 89.0 cm³/mol. The fourth-order valence-corrected chi connectivity index (χ4v) is 5.40. The summed E-state index contributed by atoms with van der Waals surface area (Å²) >= 11 is 3.51. The van der Waals surface area contributed by atoms with Crippen LogP contribution in [0, 0.1) is 5.92 Å². The van der Waals surface area contributed by atoms with Crippen molar-refractivity contribution in [1.82, 2.24) is 9.71 Å². The van der Waals surface area contributed by atoms with Gasteiger partial charge in [-0.2, -0.15) is 0 Å². The van der Waals surface area contributed by atoms with E-state index in [1.807, 2.05) is 18.2 Å². The quantitative estimate of drug-likeness (QED) is 0.778. The molecule has 1 saturated carbocycles. The molecule has 118 valence electrons. The Morgan fingerprint density at radius 2 is 2.29 bits per heavy atom. The summed E-state index contributed by atoms with van der Waals surface area (Å²) in [4.78, 5) is 4.18. The first kappa shape index (κ1) is 16.9. The van der Waals surface area contributed by atoms with Crippen LogP contribution in [0.1, 0.15) is 38.3 Å². The zero-order chi connectivity index (χ0) is 15.3. The van der Waals surface area contributed by atoms with Crippen molar-refractivity contribution in [3.05, 3.63) is 30.1 Å². The SMILES string of the molecule is CC1CCCC(CBr)(NS(=O)(=O)CCc2ccccn2)C1. The molecular weight excluding hydrogens is 352 g/mol. The molecule has 0 radical (unpaired) electrons. The van der Waals surface area contributed by atoms with Gasteiger partial charge in [0.15, 0.2) is 0 Å². The first-order valence-electron chi connectivity index (χ1n) is 7.42. The predicted octanol–water partition coefficient (Wildman–Crippen LogP) is 2.89. The molecule has 1 aliphatic rings. The maximum Gasteiger partial charge on any atom is 0.212 e. The highest BCUT2D eigenvalue weighted by Gasteiger charge is 2.37. The molecule has 6 heteroatoms. The lowest BCUT2D eigenvalue weighted by molar-refractivity contribution is 0.241. The lowest BCUT2D eigenvalue weighted by atomic mass is 9.78. The third kappa shape index (κ3) is 5.04. The van der Waals surface area contributed by atoms with E-state index < -0.39 is 10.0 Å². The van der Waals surface area contributed by atoms with Crippen LogP contribution in [-0.4, -0.2) is 30.0 Å². The molecule has 1 aromatic heterocycles. The Kier molecular flexibility index (Phi) is 5.80. The molecule has 2 atom stereocenters. The van der Waals surface area contributed by atoms with E-state index in [0.717, 1.165) is 25.0 Å². The van der Waals surface area contributed by atoms with Crippen LogP contribution >= 0.6 is 15.9 Å². The number of sulfonamides is 1. The minimum atomic E-state index is -3.29. The van der Waals surface area contributed by atoms with E-state index in [4.69, 9.17) is 0 Å². The zero-order valence-corrected chi connectivity index (χ0v) is 14.8. The van der Waals surface area contributed by atoms with E-state index in [-0.39, 0.29) is 11.3 Å². The van der Waals surface area contributed by atoms with Crippen molar-refractivity contribution >= 4 is 26.0 Å². The van der Waals surface area contributed by atoms with E-state index >= 15 is 0 Å². The molecule has 1 heterocycles. The Morgan fingerprint density at radius 3 is 2.90 bits per heavy atom. The number of aryl methyl sites for hydroxylation is 1. The van der Waals surface area contributed by atoms with Crippen LogP contribution in [0.5, 0.6) is 0 Å². The summed E-state index contributed by atoms with van der Waals surface area (Å²) in [6, 6.07) is 5.57. The molecule has 0 amide bonds. The van der Waals surface area contributed by atoms with Crippen molar-refractivity contribution in [2.45, 2.75) is 44.6 Å². The molecule has 4 nitrogen and oxygen atoms in total. The third-order valence-corrected chi connectivity index (χ3v) is 6.63. The number of aromatic nitrogens is 1. The molecule has 0 spiro atoms. The van der Waals surface area contributed by atoms with Gasteiger partial charge in [0.2, 0.25) is 10.0 Å². The minimum Gasteiger partial charge on any atom is -0.261 e. The van der Waals surface area contributed by atoms with Crippen molar-refractivity contribution in [2.24, 2.45) is 5.92 Å². The molecule has 1 aliphatic carbocycles. The Balaban J connectivity index is 1.99. The number of hydrogen-bond acceptors (Lipinski definition) is 3. The van der Waals surface area contributed by atoms with Crippen LogP contribution in [0.4, 0.5) is 0 Å². The van der Waals surface area contributed by atoms with E-state index in [1.54, 1.807) is 6.20 Å². The Bertz CT molecular complexity index is 550. The third-order valence-electron chi connectivity index (χ3n) is 4.07. The van der Waals surface area contributed by atoms with Crippen molar-refractivity contribution in [3.8, 4) is 0 Å². The fraction of sp³-hybridized carbons (Fsp3) is 0.667. The topological polar surface area (TPSA) is 59.1 Å². The molecule has 1 N–H and O–H groups in total. The van der Waals surface area contributed by atoms with Crippen LogP contribution in [0.25, 0.3) is 0 Å². The van der Waals surface area contributed by atoms with Gasteiger partial charge in [-0.25, -0.2) is 13.1 Å². The van der Waals surface area contributed by atoms with E-state index in [0.29, 0.717) is 17.7 Å². The van der Waals surface area contributed by atoms with Gasteiger partial charge in [-0.1, -0.05) is 41.8 Å². The first-order chi connectivity index (χ1) is 9.95. The Hall–Kier alpha value is -0.460. The maximum atomic E-state index is 12.4. The monoisotopic (exact) mass is 374 g/mol. The molecule has 0 aromatic carbocycles. The molecule has 1 fully saturated rings. The van der Waals surface area contributed by atoms with Gasteiger partial charge in [-0.3, -0.25) is 4.98 Å². The second-order valence-corrected chi connectivity index (χ2v) is 8.51. The summed E-state index contributed by atoms with van der Waals surface area (Å²) in [6.45, 7) is 2.19. The lowest BCUT2D eigenvalue weighted by Gasteiger charge is -2.39. The molecular formula is C15H23BrN2O2S. The largest absolute Gasteiger partial charge is 0.261 e. The van der Waals surface area contributed by atoms with Gasteiger partial charge in [-0.05, 0) is 30.9 Å². The average molecular weight is 375 g/mol. The van der Waals surface area contributed by atoms with Gasteiger partial charge >= 0.3 is 0 Å². The van der Waals surface area contributed by atoms with Gasteiger partial charge in [0.1, 0.15) is 0 Å². The van der Waals surface area contributed by atoms with Gasteiger partial charge in [0.05, 0.1) is 5.75 Å². The molecule has 0 saturated heterocycles. The van der Waals surface area contributed by atoms with Crippen molar-refractivity contribution in [1.29, 1.82) is 0 Å². The highest BCUT2D eigenvalue weighted by Crippen LogP contribution is 2.34. The average Bonchev–Trinajstić information content (AvgIpc) is 2.46. The molecule has 2 rings (SSSR count). The molecule has 0 aliphatic heterocycles. The Labute approximate surface area is 135 Å². The van der Waals surface area contributed by atoms with Gasteiger partial charge in [-0.15, -0.1) is 0 Å². The van der Waals surface area contributed by atoms with Crippen molar-refractivity contribution in [3.63, 3.8) is 0 Å². The molecule has 2 unspecified atom stereocenters. The molecule has 1 aromatic rings. The summed E-state index contributed by atoms with van der Waals surface area (Å²) in [7, 11) is -3.29. The summed E-state index contributed by atoms with van der Waals surface area (Å²) in [5.74, 6) is 0.655. The minimum absolute atomic E-state index is 0.0904. The van der Waals surface area contributed by atoms with Crippen molar-refractivity contribution < 1.29 is 8.42 Å². The Morgan fingerprint density at radius 1 is 1.48 bits per heavy atom. The van der Waals surface area contributed by atoms with Crippen LogP contribution in [-0.2, 0) is 16.4 Å². The second-order valence-electron chi connectivity index (χ2n) is 6.11. The highest BCUT2D eigenvalue weighted by molar-refractivity contribution is 9.09.